The van der Waals surface area contributed by atoms with E-state index in [9.17, 15) is 4.39 Å². The van der Waals surface area contributed by atoms with Crippen LogP contribution in [-0.4, -0.2) is 47.2 Å². The maximum Gasteiger partial charge on any atom is 0.125 e. The third kappa shape index (κ3) is 5.05. The molecule has 1 atom stereocenters. The van der Waals surface area contributed by atoms with Gasteiger partial charge in [0.05, 0.1) is 11.0 Å². The fourth-order valence-electron chi connectivity index (χ4n) is 5.82. The Kier molecular flexibility index (Phi) is 6.78. The van der Waals surface area contributed by atoms with Gasteiger partial charge in [0.2, 0.25) is 0 Å². The average molecular weight is 415 g/mol. The van der Waals surface area contributed by atoms with Crippen molar-refractivity contribution in [3.63, 3.8) is 0 Å². The van der Waals surface area contributed by atoms with Crippen molar-refractivity contribution in [3.05, 3.63) is 29.8 Å². The van der Waals surface area contributed by atoms with Gasteiger partial charge in [0.25, 0.3) is 0 Å². The number of halogens is 1. The number of hydrogen-bond acceptors (Lipinski definition) is 3. The highest BCUT2D eigenvalue weighted by Crippen LogP contribution is 2.39. The summed E-state index contributed by atoms with van der Waals surface area (Å²) < 4.78 is 16.2. The first kappa shape index (κ1) is 21.8. The van der Waals surface area contributed by atoms with Gasteiger partial charge in [-0.2, -0.15) is 0 Å². The van der Waals surface area contributed by atoms with E-state index >= 15 is 0 Å². The number of nitrogens with one attached hydrogen (secondary N) is 1. The Balaban J connectivity index is 1.44. The third-order valence-corrected chi connectivity index (χ3v) is 7.25. The molecule has 1 aromatic carbocycles. The van der Waals surface area contributed by atoms with Crippen molar-refractivity contribution in [2.45, 2.75) is 71.8 Å². The van der Waals surface area contributed by atoms with Crippen molar-refractivity contribution >= 4 is 11.0 Å². The molecule has 0 amide bonds. The van der Waals surface area contributed by atoms with Crippen LogP contribution in [0, 0.1) is 17.2 Å². The van der Waals surface area contributed by atoms with E-state index in [1.165, 1.54) is 32.2 Å². The highest BCUT2D eigenvalue weighted by atomic mass is 19.1. The number of rotatable bonds is 7. The standard InChI is InChI=1S/C25H39FN4/c1-4-27-13-9-24-28-22-16-20(26)7-8-23(22)30(24)21-10-14-29(15-11-21)18-19-6-5-12-25(2,3)17-19/h7-8,16,19,21,27H,4-6,9-15,17-18H2,1-3H3. The van der Waals surface area contributed by atoms with Crippen molar-refractivity contribution in [2.75, 3.05) is 32.7 Å². The molecule has 1 unspecified atom stereocenters. The molecule has 1 aliphatic carbocycles. The summed E-state index contributed by atoms with van der Waals surface area (Å²) in [7, 11) is 0. The lowest BCUT2D eigenvalue weighted by molar-refractivity contribution is 0.109. The summed E-state index contributed by atoms with van der Waals surface area (Å²) in [6.07, 6.45) is 8.76. The van der Waals surface area contributed by atoms with Gasteiger partial charge in [0, 0.05) is 44.7 Å². The normalized spacial score (nSPS) is 23.3. The van der Waals surface area contributed by atoms with Crippen LogP contribution < -0.4 is 5.32 Å². The van der Waals surface area contributed by atoms with E-state index in [1.54, 1.807) is 12.1 Å². The Labute approximate surface area is 181 Å². The van der Waals surface area contributed by atoms with Gasteiger partial charge in [-0.1, -0.05) is 27.2 Å². The zero-order valence-electron chi connectivity index (χ0n) is 19.1. The van der Waals surface area contributed by atoms with Crippen LogP contribution in [0.4, 0.5) is 4.39 Å². The van der Waals surface area contributed by atoms with Crippen LogP contribution >= 0.6 is 0 Å². The number of likely N-dealkylation sites (tertiary alicyclic amines) is 1. The van der Waals surface area contributed by atoms with Crippen LogP contribution in [0.5, 0.6) is 0 Å². The molecule has 30 heavy (non-hydrogen) atoms. The number of benzene rings is 1. The zero-order valence-corrected chi connectivity index (χ0v) is 19.1. The molecule has 1 N–H and O–H groups in total. The number of piperidine rings is 1. The van der Waals surface area contributed by atoms with Gasteiger partial charge in [0.15, 0.2) is 0 Å². The molecule has 2 heterocycles. The summed E-state index contributed by atoms with van der Waals surface area (Å²) in [6.45, 7) is 12.5. The predicted molar refractivity (Wildman–Crippen MR) is 122 cm³/mol. The first-order valence-electron chi connectivity index (χ1n) is 12.0. The summed E-state index contributed by atoms with van der Waals surface area (Å²) in [5, 5.41) is 3.41. The molecule has 1 saturated carbocycles. The second-order valence-corrected chi connectivity index (χ2v) is 10.3. The largest absolute Gasteiger partial charge is 0.325 e. The maximum atomic E-state index is 13.8. The minimum atomic E-state index is -0.199. The van der Waals surface area contributed by atoms with Crippen LogP contribution in [0.15, 0.2) is 18.2 Å². The molecule has 5 heteroatoms. The molecule has 2 fully saturated rings. The van der Waals surface area contributed by atoms with Gasteiger partial charge in [-0.05, 0) is 62.1 Å². The molecule has 1 aromatic heterocycles. The van der Waals surface area contributed by atoms with Crippen LogP contribution in [0.2, 0.25) is 0 Å². The fraction of sp³-hybridized carbons (Fsp3) is 0.720. The van der Waals surface area contributed by atoms with Gasteiger partial charge in [-0.25, -0.2) is 9.37 Å². The summed E-state index contributed by atoms with van der Waals surface area (Å²) >= 11 is 0. The number of likely N-dealkylation sites (N-methyl/N-ethyl adjacent to an activating group) is 1. The lowest BCUT2D eigenvalue weighted by Crippen LogP contribution is -2.40. The van der Waals surface area contributed by atoms with Crippen molar-refractivity contribution in [1.82, 2.24) is 19.8 Å². The SMILES string of the molecule is CCNCCc1nc2cc(F)ccc2n1C1CCN(CC2CCCC(C)(C)C2)CC1. The Bertz CT molecular complexity index is 835. The Morgan fingerprint density at radius 2 is 2.00 bits per heavy atom. The van der Waals surface area contributed by atoms with E-state index in [2.05, 4.69) is 35.6 Å². The van der Waals surface area contributed by atoms with Crippen LogP contribution in [0.3, 0.4) is 0 Å². The molecule has 1 aliphatic heterocycles. The second-order valence-electron chi connectivity index (χ2n) is 10.3. The topological polar surface area (TPSA) is 33.1 Å². The summed E-state index contributed by atoms with van der Waals surface area (Å²) in [5.41, 5.74) is 2.41. The number of fused-ring (bicyclic) bond motifs is 1. The van der Waals surface area contributed by atoms with Gasteiger partial charge >= 0.3 is 0 Å². The number of imidazole rings is 1. The summed E-state index contributed by atoms with van der Waals surface area (Å²) in [4.78, 5) is 7.51. The summed E-state index contributed by atoms with van der Waals surface area (Å²) in [6, 6.07) is 5.55. The minimum Gasteiger partial charge on any atom is -0.325 e. The van der Waals surface area contributed by atoms with Crippen molar-refractivity contribution in [1.29, 1.82) is 0 Å². The maximum absolute atomic E-state index is 13.8. The molecular weight excluding hydrogens is 375 g/mol. The lowest BCUT2D eigenvalue weighted by Gasteiger charge is -2.40. The predicted octanol–water partition coefficient (Wildman–Crippen LogP) is 5.18. The molecule has 0 spiro atoms. The van der Waals surface area contributed by atoms with Crippen LogP contribution in [0.25, 0.3) is 11.0 Å². The van der Waals surface area contributed by atoms with Gasteiger partial charge in [-0.3, -0.25) is 0 Å². The van der Waals surface area contributed by atoms with E-state index in [0.717, 1.165) is 68.2 Å². The number of hydrogen-bond donors (Lipinski definition) is 1. The molecule has 4 nitrogen and oxygen atoms in total. The van der Waals surface area contributed by atoms with Crippen LogP contribution in [0.1, 0.15) is 71.2 Å². The van der Waals surface area contributed by atoms with Crippen molar-refractivity contribution < 1.29 is 4.39 Å². The molecule has 1 saturated heterocycles. The van der Waals surface area contributed by atoms with Crippen molar-refractivity contribution in [2.24, 2.45) is 11.3 Å². The molecule has 166 valence electrons. The Morgan fingerprint density at radius 1 is 1.20 bits per heavy atom. The zero-order chi connectivity index (χ0) is 21.1. The van der Waals surface area contributed by atoms with E-state index < -0.39 is 0 Å². The molecule has 0 bridgehead atoms. The van der Waals surface area contributed by atoms with E-state index in [-0.39, 0.29) is 5.82 Å². The second kappa shape index (κ2) is 9.35. The Morgan fingerprint density at radius 3 is 2.73 bits per heavy atom. The molecule has 0 radical (unpaired) electrons. The van der Waals surface area contributed by atoms with E-state index in [1.807, 2.05) is 6.07 Å². The molecule has 2 aliphatic rings. The number of aromatic nitrogens is 2. The Hall–Kier alpha value is -1.46. The van der Waals surface area contributed by atoms with Gasteiger partial charge < -0.3 is 14.8 Å². The fourth-order valence-corrected chi connectivity index (χ4v) is 5.82. The molecule has 4 rings (SSSR count). The van der Waals surface area contributed by atoms with E-state index in [4.69, 9.17) is 4.98 Å². The first-order chi connectivity index (χ1) is 14.4. The minimum absolute atomic E-state index is 0.199. The monoisotopic (exact) mass is 414 g/mol. The lowest BCUT2D eigenvalue weighted by atomic mass is 9.72. The molecule has 2 aromatic rings. The van der Waals surface area contributed by atoms with Crippen LogP contribution in [-0.2, 0) is 6.42 Å². The average Bonchev–Trinajstić information content (AvgIpc) is 3.05. The first-order valence-corrected chi connectivity index (χ1v) is 12.0. The smallest absolute Gasteiger partial charge is 0.125 e. The third-order valence-electron chi connectivity index (χ3n) is 7.25. The highest BCUT2D eigenvalue weighted by Gasteiger charge is 2.31. The van der Waals surface area contributed by atoms with Gasteiger partial charge in [-0.15, -0.1) is 0 Å². The highest BCUT2D eigenvalue weighted by molar-refractivity contribution is 5.76. The van der Waals surface area contributed by atoms with Gasteiger partial charge in [0.1, 0.15) is 11.6 Å². The van der Waals surface area contributed by atoms with E-state index in [0.29, 0.717) is 11.5 Å². The number of nitrogens with zero attached hydrogens (tertiary/aromatic N) is 3. The van der Waals surface area contributed by atoms with Crippen molar-refractivity contribution in [3.8, 4) is 0 Å². The molecular formula is C25H39FN4. The summed E-state index contributed by atoms with van der Waals surface area (Å²) in [5.74, 6) is 1.76. The quantitative estimate of drug-likeness (QED) is 0.634.